The van der Waals surface area contributed by atoms with Crippen molar-refractivity contribution in [3.63, 3.8) is 0 Å². The summed E-state index contributed by atoms with van der Waals surface area (Å²) >= 11 is 2.50. The fraction of sp³-hybridized carbons (Fsp3) is 0.158. The lowest BCUT2D eigenvalue weighted by Gasteiger charge is -2.15. The van der Waals surface area contributed by atoms with Crippen LogP contribution in [-0.4, -0.2) is 38.0 Å². The van der Waals surface area contributed by atoms with Gasteiger partial charge in [0.05, 0.1) is 15.6 Å². The van der Waals surface area contributed by atoms with Crippen molar-refractivity contribution in [2.75, 3.05) is 18.5 Å². The molecule has 2 aromatic rings. The Hall–Kier alpha value is -2.30. The maximum absolute atomic E-state index is 13.1. The SMILES string of the molecule is CCN1C(=O)C(=C2Sc3ccccc3N2C)SC1=NS(=O)(=O)c1ccc(F)cc1. The Bertz CT molecular complexity index is 1160. The van der Waals surface area contributed by atoms with Gasteiger partial charge >= 0.3 is 0 Å². The molecule has 1 fully saturated rings. The molecule has 0 radical (unpaired) electrons. The number of carbonyl (C=O) groups excluding carboxylic acids is 1. The van der Waals surface area contributed by atoms with Crippen LogP contribution in [0.2, 0.25) is 0 Å². The second-order valence-electron chi connectivity index (χ2n) is 6.22. The molecular weight excluding hydrogens is 433 g/mol. The van der Waals surface area contributed by atoms with Gasteiger partial charge in [0.2, 0.25) is 0 Å². The number of benzene rings is 2. The number of thioether (sulfide) groups is 2. The van der Waals surface area contributed by atoms with Gasteiger partial charge in [-0.15, -0.1) is 4.40 Å². The van der Waals surface area contributed by atoms with Gasteiger partial charge in [0.15, 0.2) is 5.17 Å². The Morgan fingerprint density at radius 2 is 1.76 bits per heavy atom. The number of likely N-dealkylation sites (N-methyl/N-ethyl adjacent to an activating group) is 1. The first-order chi connectivity index (χ1) is 13.8. The standard InChI is InChI=1S/C19H16FN3O3S3/c1-3-23-17(24)16(18-22(2)14-6-4-5-7-15(14)27-18)28-19(23)21-29(25,26)13-10-8-12(20)9-11-13/h4-11H,3H2,1-2H3. The lowest BCUT2D eigenvalue weighted by molar-refractivity contribution is -0.122. The van der Waals surface area contributed by atoms with Gasteiger partial charge < -0.3 is 4.90 Å². The number of halogens is 1. The van der Waals surface area contributed by atoms with Crippen molar-refractivity contribution >= 4 is 50.3 Å². The van der Waals surface area contributed by atoms with Crippen molar-refractivity contribution in [1.82, 2.24) is 4.90 Å². The molecule has 2 aliphatic heterocycles. The predicted octanol–water partition coefficient (Wildman–Crippen LogP) is 3.88. The quantitative estimate of drug-likeness (QED) is 0.663. The van der Waals surface area contributed by atoms with Gasteiger partial charge in [-0.25, -0.2) is 4.39 Å². The molecule has 0 unspecified atom stereocenters. The minimum absolute atomic E-state index is 0.0919. The van der Waals surface area contributed by atoms with E-state index in [2.05, 4.69) is 4.40 Å². The molecule has 1 amide bonds. The van der Waals surface area contributed by atoms with Crippen molar-refractivity contribution < 1.29 is 17.6 Å². The lowest BCUT2D eigenvalue weighted by atomic mass is 10.3. The zero-order valence-corrected chi connectivity index (χ0v) is 17.9. The average Bonchev–Trinajstić information content (AvgIpc) is 3.18. The number of anilines is 1. The Kier molecular flexibility index (Phi) is 5.18. The van der Waals surface area contributed by atoms with Crippen LogP contribution in [0.1, 0.15) is 6.92 Å². The fourth-order valence-electron chi connectivity index (χ4n) is 2.94. The van der Waals surface area contributed by atoms with Crippen molar-refractivity contribution in [3.05, 3.63) is 64.3 Å². The molecule has 10 heteroatoms. The summed E-state index contributed by atoms with van der Waals surface area (Å²) in [6, 6.07) is 12.2. The third kappa shape index (κ3) is 3.56. The van der Waals surface area contributed by atoms with Gasteiger partial charge in [-0.1, -0.05) is 23.9 Å². The molecule has 2 aromatic carbocycles. The molecule has 6 nitrogen and oxygen atoms in total. The van der Waals surface area contributed by atoms with E-state index in [0.717, 1.165) is 51.6 Å². The molecule has 0 bridgehead atoms. The number of nitrogens with zero attached hydrogens (tertiary/aromatic N) is 3. The third-order valence-corrected chi connectivity index (χ3v) is 8.25. The number of rotatable bonds is 3. The van der Waals surface area contributed by atoms with Gasteiger partial charge in [-0.2, -0.15) is 8.42 Å². The number of sulfonamides is 1. The van der Waals surface area contributed by atoms with Gasteiger partial charge in [-0.3, -0.25) is 9.69 Å². The zero-order valence-electron chi connectivity index (χ0n) is 15.5. The van der Waals surface area contributed by atoms with Crippen molar-refractivity contribution in [1.29, 1.82) is 0 Å². The molecule has 29 heavy (non-hydrogen) atoms. The molecule has 4 rings (SSSR count). The summed E-state index contributed by atoms with van der Waals surface area (Å²) in [5.41, 5.74) is 0.987. The predicted molar refractivity (Wildman–Crippen MR) is 114 cm³/mol. The van der Waals surface area contributed by atoms with E-state index in [1.54, 1.807) is 6.92 Å². The maximum Gasteiger partial charge on any atom is 0.284 e. The molecule has 1 saturated heterocycles. The average molecular weight is 450 g/mol. The zero-order chi connectivity index (χ0) is 20.8. The van der Waals surface area contributed by atoms with E-state index in [-0.39, 0.29) is 22.5 Å². The Labute approximate surface area is 176 Å². The van der Waals surface area contributed by atoms with Crippen molar-refractivity contribution in [3.8, 4) is 0 Å². The molecule has 0 saturated carbocycles. The van der Waals surface area contributed by atoms with Crippen LogP contribution in [0.4, 0.5) is 10.1 Å². The Balaban J connectivity index is 1.73. The van der Waals surface area contributed by atoms with Crippen LogP contribution in [0.5, 0.6) is 0 Å². The molecule has 150 valence electrons. The maximum atomic E-state index is 13.1. The van der Waals surface area contributed by atoms with Crippen LogP contribution in [0.3, 0.4) is 0 Å². The van der Waals surface area contributed by atoms with E-state index in [9.17, 15) is 17.6 Å². The largest absolute Gasteiger partial charge is 0.337 e. The lowest BCUT2D eigenvalue weighted by Crippen LogP contribution is -2.30. The highest BCUT2D eigenvalue weighted by molar-refractivity contribution is 8.19. The van der Waals surface area contributed by atoms with Crippen molar-refractivity contribution in [2.24, 2.45) is 4.40 Å². The molecule has 0 N–H and O–H groups in total. The highest BCUT2D eigenvalue weighted by Gasteiger charge is 2.39. The summed E-state index contributed by atoms with van der Waals surface area (Å²) in [5, 5.41) is 0.832. The van der Waals surface area contributed by atoms with Crippen LogP contribution in [-0.2, 0) is 14.8 Å². The van der Waals surface area contributed by atoms with E-state index in [0.29, 0.717) is 4.91 Å². The minimum Gasteiger partial charge on any atom is -0.337 e. The Morgan fingerprint density at radius 1 is 1.07 bits per heavy atom. The first kappa shape index (κ1) is 20.0. The highest BCUT2D eigenvalue weighted by atomic mass is 32.2. The second kappa shape index (κ2) is 7.51. The smallest absolute Gasteiger partial charge is 0.284 e. The van der Waals surface area contributed by atoms with Crippen molar-refractivity contribution in [2.45, 2.75) is 16.7 Å². The number of hydrogen-bond donors (Lipinski definition) is 0. The summed E-state index contributed by atoms with van der Waals surface area (Å²) in [4.78, 5) is 17.6. The highest BCUT2D eigenvalue weighted by Crippen LogP contribution is 2.49. The van der Waals surface area contributed by atoms with E-state index in [4.69, 9.17) is 0 Å². The fourth-order valence-corrected chi connectivity index (χ4v) is 6.53. The van der Waals surface area contributed by atoms with Gasteiger partial charge in [0, 0.05) is 18.5 Å². The molecular formula is C19H16FN3O3S3. The van der Waals surface area contributed by atoms with E-state index < -0.39 is 15.8 Å². The van der Waals surface area contributed by atoms with Gasteiger partial charge in [0.25, 0.3) is 15.9 Å². The summed E-state index contributed by atoms with van der Waals surface area (Å²) in [7, 11) is -2.21. The monoisotopic (exact) mass is 449 g/mol. The molecule has 2 aliphatic rings. The summed E-state index contributed by atoms with van der Waals surface area (Å²) in [5.74, 6) is -0.821. The van der Waals surface area contributed by atoms with E-state index in [1.807, 2.05) is 36.2 Å². The molecule has 0 aliphatic carbocycles. The van der Waals surface area contributed by atoms with E-state index in [1.165, 1.54) is 16.7 Å². The summed E-state index contributed by atoms with van der Waals surface area (Å²) in [6.45, 7) is 2.04. The number of hydrogen-bond acceptors (Lipinski definition) is 6. The van der Waals surface area contributed by atoms with Crippen LogP contribution in [0, 0.1) is 5.82 Å². The molecule has 0 atom stereocenters. The third-order valence-electron chi connectivity index (χ3n) is 4.42. The number of fused-ring (bicyclic) bond motifs is 1. The van der Waals surface area contributed by atoms with Gasteiger partial charge in [0.1, 0.15) is 10.7 Å². The summed E-state index contributed by atoms with van der Waals surface area (Å²) in [6.07, 6.45) is 0. The number of amidine groups is 1. The van der Waals surface area contributed by atoms with E-state index >= 15 is 0 Å². The summed E-state index contributed by atoms with van der Waals surface area (Å²) < 4.78 is 42.3. The van der Waals surface area contributed by atoms with Crippen LogP contribution >= 0.6 is 23.5 Å². The first-order valence-electron chi connectivity index (χ1n) is 8.67. The first-order valence-corrected chi connectivity index (χ1v) is 11.7. The molecule has 2 heterocycles. The van der Waals surface area contributed by atoms with Crippen LogP contribution in [0.25, 0.3) is 0 Å². The normalized spacial score (nSPS) is 20.7. The topological polar surface area (TPSA) is 70.1 Å². The van der Waals surface area contributed by atoms with Gasteiger partial charge in [-0.05, 0) is 55.1 Å². The number of amides is 1. The second-order valence-corrected chi connectivity index (χ2v) is 9.83. The van der Waals surface area contributed by atoms with Crippen LogP contribution < -0.4 is 4.90 Å². The molecule has 0 spiro atoms. The number of carbonyl (C=O) groups is 1. The number of para-hydroxylation sites is 1. The minimum atomic E-state index is -4.08. The Morgan fingerprint density at radius 3 is 2.41 bits per heavy atom. The molecule has 0 aromatic heterocycles. The van der Waals surface area contributed by atoms with Crippen LogP contribution in [0.15, 0.2) is 72.7 Å².